The molecule has 0 radical (unpaired) electrons. The standard InChI is InChI=1S/C12H21NO2/c1-2-15-12(14)10-6-5-9-13-8-4-3-7-11(10)13/h10-11H,2-9H2,1H3. The third kappa shape index (κ3) is 2.33. The first-order valence-corrected chi connectivity index (χ1v) is 6.23. The number of carbonyl (C=O) groups excluding carboxylic acids is 1. The van der Waals surface area contributed by atoms with Crippen LogP contribution in [0.1, 0.15) is 39.0 Å². The van der Waals surface area contributed by atoms with Crippen molar-refractivity contribution in [2.45, 2.75) is 45.1 Å². The number of nitrogens with zero attached hydrogens (tertiary/aromatic N) is 1. The fourth-order valence-corrected chi connectivity index (χ4v) is 2.98. The summed E-state index contributed by atoms with van der Waals surface area (Å²) >= 11 is 0. The van der Waals surface area contributed by atoms with Gasteiger partial charge in [-0.3, -0.25) is 9.69 Å². The monoisotopic (exact) mass is 211 g/mol. The zero-order valence-corrected chi connectivity index (χ0v) is 9.58. The second kappa shape index (κ2) is 4.97. The topological polar surface area (TPSA) is 29.5 Å². The zero-order chi connectivity index (χ0) is 10.7. The number of rotatable bonds is 2. The van der Waals surface area contributed by atoms with Gasteiger partial charge in [0.15, 0.2) is 0 Å². The maximum absolute atomic E-state index is 11.8. The molecule has 0 saturated carbocycles. The van der Waals surface area contributed by atoms with Gasteiger partial charge in [0, 0.05) is 6.04 Å². The molecule has 0 aliphatic carbocycles. The van der Waals surface area contributed by atoms with Crippen molar-refractivity contribution in [3.8, 4) is 0 Å². The minimum Gasteiger partial charge on any atom is -0.466 e. The summed E-state index contributed by atoms with van der Waals surface area (Å²) in [5.41, 5.74) is 0. The van der Waals surface area contributed by atoms with Crippen molar-refractivity contribution in [2.75, 3.05) is 19.7 Å². The van der Waals surface area contributed by atoms with Crippen LogP contribution in [0.4, 0.5) is 0 Å². The van der Waals surface area contributed by atoms with Crippen LogP contribution in [-0.4, -0.2) is 36.6 Å². The Morgan fingerprint density at radius 3 is 2.87 bits per heavy atom. The summed E-state index contributed by atoms with van der Waals surface area (Å²) in [6, 6.07) is 0.478. The van der Waals surface area contributed by atoms with Gasteiger partial charge in [-0.05, 0) is 45.7 Å². The predicted octanol–water partition coefficient (Wildman–Crippen LogP) is 1.81. The third-order valence-corrected chi connectivity index (χ3v) is 3.68. The Kier molecular flexibility index (Phi) is 3.62. The summed E-state index contributed by atoms with van der Waals surface area (Å²) in [6.45, 7) is 4.77. The highest BCUT2D eigenvalue weighted by atomic mass is 16.5. The summed E-state index contributed by atoms with van der Waals surface area (Å²) in [6.07, 6.45) is 5.94. The average molecular weight is 211 g/mol. The van der Waals surface area contributed by atoms with Crippen LogP contribution in [0.2, 0.25) is 0 Å². The largest absolute Gasteiger partial charge is 0.466 e. The Hall–Kier alpha value is -0.570. The van der Waals surface area contributed by atoms with Crippen molar-refractivity contribution >= 4 is 5.97 Å². The van der Waals surface area contributed by atoms with Gasteiger partial charge in [-0.1, -0.05) is 6.42 Å². The fraction of sp³-hybridized carbons (Fsp3) is 0.917. The summed E-state index contributed by atoms with van der Waals surface area (Å²) in [5, 5.41) is 0. The molecule has 2 fully saturated rings. The van der Waals surface area contributed by atoms with Crippen molar-refractivity contribution < 1.29 is 9.53 Å². The van der Waals surface area contributed by atoms with Crippen molar-refractivity contribution in [3.63, 3.8) is 0 Å². The Balaban J connectivity index is 2.00. The van der Waals surface area contributed by atoms with E-state index in [1.807, 2.05) is 6.92 Å². The lowest BCUT2D eigenvalue weighted by atomic mass is 9.83. The van der Waals surface area contributed by atoms with Crippen LogP contribution >= 0.6 is 0 Å². The molecule has 2 rings (SSSR count). The Morgan fingerprint density at radius 1 is 1.27 bits per heavy atom. The molecule has 2 atom stereocenters. The van der Waals surface area contributed by atoms with Crippen LogP contribution in [0.25, 0.3) is 0 Å². The molecular weight excluding hydrogens is 190 g/mol. The van der Waals surface area contributed by atoms with E-state index in [1.165, 1.54) is 32.4 Å². The molecule has 0 aromatic heterocycles. The third-order valence-electron chi connectivity index (χ3n) is 3.68. The normalized spacial score (nSPS) is 32.1. The van der Waals surface area contributed by atoms with E-state index in [1.54, 1.807) is 0 Å². The number of hydrogen-bond acceptors (Lipinski definition) is 3. The van der Waals surface area contributed by atoms with E-state index < -0.39 is 0 Å². The van der Waals surface area contributed by atoms with Crippen molar-refractivity contribution in [1.29, 1.82) is 0 Å². The SMILES string of the molecule is CCOC(=O)C1CCCN2CCCCC12. The summed E-state index contributed by atoms with van der Waals surface area (Å²) in [5.74, 6) is 0.188. The molecule has 3 nitrogen and oxygen atoms in total. The van der Waals surface area contributed by atoms with Gasteiger partial charge in [-0.15, -0.1) is 0 Å². The van der Waals surface area contributed by atoms with E-state index in [2.05, 4.69) is 4.90 Å². The van der Waals surface area contributed by atoms with Crippen LogP contribution in [0.3, 0.4) is 0 Å². The molecule has 0 N–H and O–H groups in total. The number of esters is 1. The van der Waals surface area contributed by atoms with Crippen LogP contribution in [0.15, 0.2) is 0 Å². The van der Waals surface area contributed by atoms with Gasteiger partial charge >= 0.3 is 5.97 Å². The number of piperidine rings is 2. The Labute approximate surface area is 91.8 Å². The first-order valence-electron chi connectivity index (χ1n) is 6.23. The lowest BCUT2D eigenvalue weighted by Crippen LogP contribution is -2.50. The van der Waals surface area contributed by atoms with Crippen LogP contribution < -0.4 is 0 Å². The van der Waals surface area contributed by atoms with E-state index in [0.717, 1.165) is 12.8 Å². The van der Waals surface area contributed by atoms with Gasteiger partial charge in [0.25, 0.3) is 0 Å². The van der Waals surface area contributed by atoms with Crippen molar-refractivity contribution in [3.05, 3.63) is 0 Å². The molecule has 0 bridgehead atoms. The van der Waals surface area contributed by atoms with Crippen LogP contribution in [-0.2, 0) is 9.53 Å². The highest BCUT2D eigenvalue weighted by Gasteiger charge is 2.37. The lowest BCUT2D eigenvalue weighted by molar-refractivity contribution is -0.153. The van der Waals surface area contributed by atoms with Gasteiger partial charge < -0.3 is 4.74 Å². The minimum absolute atomic E-state index is 0.0362. The molecule has 3 heteroatoms. The van der Waals surface area contributed by atoms with Gasteiger partial charge in [0.05, 0.1) is 12.5 Å². The van der Waals surface area contributed by atoms with E-state index >= 15 is 0 Å². The highest BCUT2D eigenvalue weighted by Crippen LogP contribution is 2.31. The smallest absolute Gasteiger partial charge is 0.310 e. The molecule has 86 valence electrons. The molecule has 0 aromatic carbocycles. The lowest BCUT2D eigenvalue weighted by Gasteiger charge is -2.43. The van der Waals surface area contributed by atoms with E-state index in [9.17, 15) is 4.79 Å². The van der Waals surface area contributed by atoms with E-state index in [-0.39, 0.29) is 11.9 Å². The maximum atomic E-state index is 11.8. The molecule has 0 amide bonds. The van der Waals surface area contributed by atoms with Crippen molar-refractivity contribution in [2.24, 2.45) is 5.92 Å². The summed E-state index contributed by atoms with van der Waals surface area (Å²) < 4.78 is 5.16. The van der Waals surface area contributed by atoms with Crippen LogP contribution in [0.5, 0.6) is 0 Å². The number of fused-ring (bicyclic) bond motifs is 1. The number of ether oxygens (including phenoxy) is 1. The van der Waals surface area contributed by atoms with E-state index in [0.29, 0.717) is 12.6 Å². The number of hydrogen-bond donors (Lipinski definition) is 0. The predicted molar refractivity (Wildman–Crippen MR) is 58.6 cm³/mol. The van der Waals surface area contributed by atoms with Crippen LogP contribution in [0, 0.1) is 5.92 Å². The molecule has 0 spiro atoms. The van der Waals surface area contributed by atoms with Gasteiger partial charge in [-0.25, -0.2) is 0 Å². The first-order chi connectivity index (χ1) is 7.33. The molecular formula is C12H21NO2. The van der Waals surface area contributed by atoms with Gasteiger partial charge in [-0.2, -0.15) is 0 Å². The maximum Gasteiger partial charge on any atom is 0.310 e. The molecule has 0 aromatic rings. The first kappa shape index (κ1) is 10.9. The van der Waals surface area contributed by atoms with Gasteiger partial charge in [0.2, 0.25) is 0 Å². The average Bonchev–Trinajstić information content (AvgIpc) is 2.28. The molecule has 2 unspecified atom stereocenters. The molecule has 15 heavy (non-hydrogen) atoms. The fourth-order valence-electron chi connectivity index (χ4n) is 2.98. The Morgan fingerprint density at radius 2 is 2.07 bits per heavy atom. The quantitative estimate of drug-likeness (QED) is 0.652. The zero-order valence-electron chi connectivity index (χ0n) is 9.58. The van der Waals surface area contributed by atoms with Gasteiger partial charge in [0.1, 0.15) is 0 Å². The summed E-state index contributed by atoms with van der Waals surface area (Å²) in [4.78, 5) is 14.3. The van der Waals surface area contributed by atoms with Crippen molar-refractivity contribution in [1.82, 2.24) is 4.90 Å². The summed E-state index contributed by atoms with van der Waals surface area (Å²) in [7, 11) is 0. The second-order valence-electron chi connectivity index (χ2n) is 4.60. The second-order valence-corrected chi connectivity index (χ2v) is 4.60. The molecule has 2 aliphatic rings. The molecule has 2 heterocycles. The minimum atomic E-state index is 0.0362. The Bertz CT molecular complexity index is 228. The van der Waals surface area contributed by atoms with E-state index in [4.69, 9.17) is 4.74 Å². The molecule has 2 aliphatic heterocycles. The number of carbonyl (C=O) groups is 1. The molecule has 2 saturated heterocycles. The highest BCUT2D eigenvalue weighted by molar-refractivity contribution is 5.73.